The van der Waals surface area contributed by atoms with Gasteiger partial charge in [0.1, 0.15) is 5.82 Å². The Labute approximate surface area is 130 Å². The lowest BCUT2D eigenvalue weighted by molar-refractivity contribution is 0.674. The monoisotopic (exact) mass is 349 g/mol. The Morgan fingerprint density at radius 3 is 2.80 bits per heavy atom. The number of para-hydroxylation sites is 2. The van der Waals surface area contributed by atoms with Crippen molar-refractivity contribution in [2.75, 3.05) is 0 Å². The van der Waals surface area contributed by atoms with E-state index in [1.807, 2.05) is 25.2 Å². The van der Waals surface area contributed by atoms with Gasteiger partial charge >= 0.3 is 0 Å². The highest BCUT2D eigenvalue weighted by atomic mass is 79.9. The SMILES string of the molecule is Cc1cc(C(N)Cc2nc3ccccc3n2C)sc1Br. The minimum absolute atomic E-state index is 0.0134. The molecule has 0 spiro atoms. The van der Waals surface area contributed by atoms with Crippen LogP contribution in [0, 0.1) is 6.92 Å². The number of imidazole rings is 1. The number of rotatable bonds is 3. The summed E-state index contributed by atoms with van der Waals surface area (Å²) in [5, 5.41) is 0. The lowest BCUT2D eigenvalue weighted by Gasteiger charge is -2.09. The lowest BCUT2D eigenvalue weighted by Crippen LogP contribution is -2.14. The van der Waals surface area contributed by atoms with Crippen molar-refractivity contribution in [2.45, 2.75) is 19.4 Å². The Hall–Kier alpha value is -1.17. The molecule has 0 saturated carbocycles. The van der Waals surface area contributed by atoms with Gasteiger partial charge in [-0.15, -0.1) is 11.3 Å². The van der Waals surface area contributed by atoms with E-state index >= 15 is 0 Å². The van der Waals surface area contributed by atoms with Crippen LogP contribution in [0.15, 0.2) is 34.1 Å². The zero-order valence-corrected chi connectivity index (χ0v) is 13.8. The second-order valence-electron chi connectivity index (χ2n) is 4.99. The summed E-state index contributed by atoms with van der Waals surface area (Å²) in [7, 11) is 2.05. The van der Waals surface area contributed by atoms with E-state index in [-0.39, 0.29) is 6.04 Å². The van der Waals surface area contributed by atoms with Gasteiger partial charge in [-0.3, -0.25) is 0 Å². The third-order valence-corrected chi connectivity index (χ3v) is 5.79. The first-order valence-corrected chi connectivity index (χ1v) is 8.09. The van der Waals surface area contributed by atoms with Crippen molar-refractivity contribution >= 4 is 38.3 Å². The summed E-state index contributed by atoms with van der Waals surface area (Å²) in [6.45, 7) is 2.09. The molecule has 0 radical (unpaired) electrons. The quantitative estimate of drug-likeness (QED) is 0.777. The highest BCUT2D eigenvalue weighted by Crippen LogP contribution is 2.32. The minimum atomic E-state index is -0.0134. The van der Waals surface area contributed by atoms with Crippen LogP contribution >= 0.6 is 27.3 Å². The van der Waals surface area contributed by atoms with Crippen LogP contribution in [-0.4, -0.2) is 9.55 Å². The van der Waals surface area contributed by atoms with E-state index in [4.69, 9.17) is 5.73 Å². The Balaban J connectivity index is 1.91. The molecular formula is C15H16BrN3S. The number of fused-ring (bicyclic) bond motifs is 1. The summed E-state index contributed by atoms with van der Waals surface area (Å²) in [6.07, 6.45) is 0.748. The van der Waals surface area contributed by atoms with Crippen molar-refractivity contribution in [2.24, 2.45) is 12.8 Å². The van der Waals surface area contributed by atoms with Crippen LogP contribution in [0.5, 0.6) is 0 Å². The third kappa shape index (κ3) is 2.41. The Kier molecular flexibility index (Phi) is 3.67. The van der Waals surface area contributed by atoms with Crippen molar-refractivity contribution in [3.8, 4) is 0 Å². The molecule has 0 bridgehead atoms. The van der Waals surface area contributed by atoms with E-state index in [2.05, 4.69) is 44.5 Å². The number of thiophene rings is 1. The second kappa shape index (κ2) is 5.31. The van der Waals surface area contributed by atoms with Crippen LogP contribution in [0.25, 0.3) is 11.0 Å². The highest BCUT2D eigenvalue weighted by Gasteiger charge is 2.15. The van der Waals surface area contributed by atoms with Gasteiger partial charge in [0.2, 0.25) is 0 Å². The van der Waals surface area contributed by atoms with E-state index in [0.717, 1.165) is 27.1 Å². The van der Waals surface area contributed by atoms with E-state index in [0.29, 0.717) is 0 Å². The van der Waals surface area contributed by atoms with Crippen molar-refractivity contribution < 1.29 is 0 Å². The molecule has 1 aromatic carbocycles. The summed E-state index contributed by atoms with van der Waals surface area (Å²) in [4.78, 5) is 5.88. The van der Waals surface area contributed by atoms with Crippen molar-refractivity contribution in [1.82, 2.24) is 9.55 Å². The maximum atomic E-state index is 6.34. The smallest absolute Gasteiger partial charge is 0.111 e. The molecule has 104 valence electrons. The first-order valence-electron chi connectivity index (χ1n) is 6.48. The Bertz CT molecular complexity index is 740. The average molecular weight is 350 g/mol. The molecule has 0 amide bonds. The fraction of sp³-hybridized carbons (Fsp3) is 0.267. The molecule has 5 heteroatoms. The van der Waals surface area contributed by atoms with Gasteiger partial charge in [0.15, 0.2) is 0 Å². The second-order valence-corrected chi connectivity index (χ2v) is 7.39. The molecule has 0 aliphatic heterocycles. The third-order valence-electron chi connectivity index (χ3n) is 3.52. The van der Waals surface area contributed by atoms with Crippen LogP contribution < -0.4 is 5.73 Å². The molecule has 0 aliphatic rings. The maximum Gasteiger partial charge on any atom is 0.111 e. The van der Waals surface area contributed by atoms with Gasteiger partial charge in [0, 0.05) is 24.4 Å². The van der Waals surface area contributed by atoms with Gasteiger partial charge in [-0.1, -0.05) is 12.1 Å². The molecule has 2 heterocycles. The van der Waals surface area contributed by atoms with Gasteiger partial charge in [-0.2, -0.15) is 0 Å². The van der Waals surface area contributed by atoms with Crippen molar-refractivity contribution in [3.05, 3.63) is 50.4 Å². The fourth-order valence-electron chi connectivity index (χ4n) is 2.34. The topological polar surface area (TPSA) is 43.8 Å². The number of nitrogens with zero attached hydrogens (tertiary/aromatic N) is 2. The summed E-state index contributed by atoms with van der Waals surface area (Å²) < 4.78 is 3.29. The van der Waals surface area contributed by atoms with Crippen LogP contribution in [0.3, 0.4) is 0 Å². The predicted octanol–water partition coefficient (Wildman–Crippen LogP) is 3.95. The van der Waals surface area contributed by atoms with Gasteiger partial charge in [-0.25, -0.2) is 4.98 Å². The van der Waals surface area contributed by atoms with Crippen LogP contribution in [0.2, 0.25) is 0 Å². The number of hydrogen-bond donors (Lipinski definition) is 1. The first kappa shape index (κ1) is 13.8. The molecule has 3 aromatic rings. The molecule has 1 unspecified atom stereocenters. The van der Waals surface area contributed by atoms with E-state index < -0.39 is 0 Å². The summed E-state index contributed by atoms with van der Waals surface area (Å²) >= 11 is 5.26. The molecule has 0 fully saturated rings. The minimum Gasteiger partial charge on any atom is -0.331 e. The van der Waals surface area contributed by atoms with Gasteiger partial charge < -0.3 is 10.3 Å². The van der Waals surface area contributed by atoms with E-state index in [1.54, 1.807) is 11.3 Å². The fourth-order valence-corrected chi connectivity index (χ4v) is 3.91. The predicted molar refractivity (Wildman–Crippen MR) is 88.1 cm³/mol. The van der Waals surface area contributed by atoms with Gasteiger partial charge in [-0.05, 0) is 46.6 Å². The molecule has 20 heavy (non-hydrogen) atoms. The average Bonchev–Trinajstić information content (AvgIpc) is 2.92. The number of halogens is 1. The number of hydrogen-bond acceptors (Lipinski definition) is 3. The van der Waals surface area contributed by atoms with Crippen LogP contribution in [0.1, 0.15) is 22.3 Å². The normalized spacial score (nSPS) is 13.0. The number of aromatic nitrogens is 2. The van der Waals surface area contributed by atoms with Crippen molar-refractivity contribution in [3.63, 3.8) is 0 Å². The largest absolute Gasteiger partial charge is 0.331 e. The molecule has 3 nitrogen and oxygen atoms in total. The molecule has 2 aromatic heterocycles. The number of aryl methyl sites for hydroxylation is 2. The van der Waals surface area contributed by atoms with E-state index in [9.17, 15) is 0 Å². The van der Waals surface area contributed by atoms with Gasteiger partial charge in [0.25, 0.3) is 0 Å². The Morgan fingerprint density at radius 1 is 1.40 bits per heavy atom. The first-order chi connectivity index (χ1) is 9.56. The van der Waals surface area contributed by atoms with Crippen molar-refractivity contribution in [1.29, 1.82) is 0 Å². The standard InChI is InChI=1S/C15H16BrN3S/c1-9-7-13(20-15(9)16)10(17)8-14-18-11-5-3-4-6-12(11)19(14)2/h3-7,10H,8,17H2,1-2H3. The summed E-state index contributed by atoms with van der Waals surface area (Å²) in [5.74, 6) is 1.03. The lowest BCUT2D eigenvalue weighted by atomic mass is 10.1. The molecular weight excluding hydrogens is 334 g/mol. The van der Waals surface area contributed by atoms with Crippen LogP contribution in [0.4, 0.5) is 0 Å². The zero-order valence-electron chi connectivity index (χ0n) is 11.4. The summed E-state index contributed by atoms with van der Waals surface area (Å²) in [5.41, 5.74) is 9.76. The zero-order chi connectivity index (χ0) is 14.3. The molecule has 2 N–H and O–H groups in total. The molecule has 0 aliphatic carbocycles. The summed E-state index contributed by atoms with van der Waals surface area (Å²) in [6, 6.07) is 10.3. The highest BCUT2D eigenvalue weighted by molar-refractivity contribution is 9.11. The number of nitrogens with two attached hydrogens (primary N) is 1. The Morgan fingerprint density at radius 2 is 2.15 bits per heavy atom. The molecule has 3 rings (SSSR count). The van der Waals surface area contributed by atoms with E-state index in [1.165, 1.54) is 10.4 Å². The maximum absolute atomic E-state index is 6.34. The van der Waals surface area contributed by atoms with Gasteiger partial charge in [0.05, 0.1) is 14.8 Å². The molecule has 1 atom stereocenters. The molecule has 0 saturated heterocycles. The van der Waals surface area contributed by atoms with Crippen LogP contribution in [-0.2, 0) is 13.5 Å². The number of benzene rings is 1.